The molecule has 35 heavy (non-hydrogen) atoms. The predicted octanol–water partition coefficient (Wildman–Crippen LogP) is 5.58. The van der Waals surface area contributed by atoms with Gasteiger partial charge in [-0.15, -0.1) is 11.3 Å². The van der Waals surface area contributed by atoms with Gasteiger partial charge in [-0.1, -0.05) is 24.3 Å². The van der Waals surface area contributed by atoms with Gasteiger partial charge in [0.1, 0.15) is 5.00 Å². The van der Waals surface area contributed by atoms with E-state index in [4.69, 9.17) is 4.74 Å². The highest BCUT2D eigenvalue weighted by Gasteiger charge is 2.29. The van der Waals surface area contributed by atoms with E-state index in [-0.39, 0.29) is 24.3 Å². The first-order valence-electron chi connectivity index (χ1n) is 12.1. The average Bonchev–Trinajstić information content (AvgIpc) is 3.50. The molecular weight excluding hydrogens is 460 g/mol. The molecule has 6 nitrogen and oxygen atoms in total. The Morgan fingerprint density at radius 2 is 1.86 bits per heavy atom. The van der Waals surface area contributed by atoms with Crippen molar-refractivity contribution in [2.45, 2.75) is 44.9 Å². The fraction of sp³-hybridized carbons (Fsp3) is 0.321. The van der Waals surface area contributed by atoms with Crippen LogP contribution in [0.5, 0.6) is 0 Å². The number of hydrogen-bond donors (Lipinski definition) is 1. The Morgan fingerprint density at radius 3 is 2.57 bits per heavy atom. The smallest absolute Gasteiger partial charge is 0.341 e. The predicted molar refractivity (Wildman–Crippen MR) is 137 cm³/mol. The summed E-state index contributed by atoms with van der Waals surface area (Å²) in [5.74, 6) is -0.390. The van der Waals surface area contributed by atoms with Gasteiger partial charge in [-0.25, -0.2) is 4.79 Å². The van der Waals surface area contributed by atoms with Crippen LogP contribution in [0.2, 0.25) is 0 Å². The second-order valence-electron chi connectivity index (χ2n) is 8.97. The molecule has 2 heterocycles. The molecule has 1 saturated heterocycles. The van der Waals surface area contributed by atoms with Gasteiger partial charge in [-0.05, 0) is 84.9 Å². The van der Waals surface area contributed by atoms with Crippen LogP contribution in [0.4, 0.5) is 10.7 Å². The largest absolute Gasteiger partial charge is 0.462 e. The minimum Gasteiger partial charge on any atom is -0.462 e. The fourth-order valence-corrected chi connectivity index (χ4v) is 6.06. The third-order valence-corrected chi connectivity index (χ3v) is 7.74. The maximum Gasteiger partial charge on any atom is 0.341 e. The van der Waals surface area contributed by atoms with Crippen LogP contribution in [0.25, 0.3) is 0 Å². The van der Waals surface area contributed by atoms with Crippen molar-refractivity contribution >= 4 is 39.8 Å². The maximum atomic E-state index is 13.1. The van der Waals surface area contributed by atoms with Crippen LogP contribution >= 0.6 is 11.3 Å². The van der Waals surface area contributed by atoms with E-state index in [1.807, 2.05) is 5.38 Å². The molecule has 2 aliphatic rings. The van der Waals surface area contributed by atoms with Crippen molar-refractivity contribution in [2.75, 3.05) is 23.4 Å². The zero-order valence-corrected chi connectivity index (χ0v) is 20.5. The van der Waals surface area contributed by atoms with Crippen LogP contribution in [0.3, 0.4) is 0 Å². The summed E-state index contributed by atoms with van der Waals surface area (Å²) in [6, 6.07) is 15.5. The van der Waals surface area contributed by atoms with E-state index in [9.17, 15) is 14.4 Å². The summed E-state index contributed by atoms with van der Waals surface area (Å²) in [4.78, 5) is 39.8. The monoisotopic (exact) mass is 488 g/mol. The zero-order valence-electron chi connectivity index (χ0n) is 19.7. The molecule has 0 radical (unpaired) electrons. The highest BCUT2D eigenvalue weighted by molar-refractivity contribution is 7.15. The van der Waals surface area contributed by atoms with E-state index in [1.54, 1.807) is 36.1 Å². The molecule has 1 aliphatic carbocycles. The fourth-order valence-electron chi connectivity index (χ4n) is 5.03. The molecule has 1 N–H and O–H groups in total. The van der Waals surface area contributed by atoms with E-state index < -0.39 is 5.97 Å². The molecule has 2 amide bonds. The Hall–Kier alpha value is -3.45. The number of thiophene rings is 1. The molecule has 1 aliphatic heterocycles. The van der Waals surface area contributed by atoms with Crippen molar-refractivity contribution in [3.05, 3.63) is 81.7 Å². The maximum absolute atomic E-state index is 13.1. The second kappa shape index (κ2) is 10.0. The van der Waals surface area contributed by atoms with Gasteiger partial charge in [0.05, 0.1) is 12.2 Å². The molecule has 0 bridgehead atoms. The number of benzene rings is 2. The second-order valence-corrected chi connectivity index (χ2v) is 9.85. The molecular formula is C28H28N2O4S. The minimum absolute atomic E-state index is 0.109. The number of aryl methyl sites for hydroxylation is 1. The van der Waals surface area contributed by atoms with Crippen molar-refractivity contribution in [1.82, 2.24) is 0 Å². The first-order chi connectivity index (χ1) is 17.0. The van der Waals surface area contributed by atoms with Crippen molar-refractivity contribution in [2.24, 2.45) is 0 Å². The highest BCUT2D eigenvalue weighted by atomic mass is 32.1. The van der Waals surface area contributed by atoms with Crippen LogP contribution in [0, 0.1) is 0 Å². The number of ether oxygens (including phenoxy) is 1. The summed E-state index contributed by atoms with van der Waals surface area (Å²) in [7, 11) is 0. The number of carbonyl (C=O) groups excluding carboxylic acids is 3. The molecule has 180 valence electrons. The molecule has 2 aromatic carbocycles. The van der Waals surface area contributed by atoms with Crippen molar-refractivity contribution in [3.8, 4) is 0 Å². The Morgan fingerprint density at radius 1 is 1.09 bits per heavy atom. The number of rotatable bonds is 6. The SMILES string of the molecule is CCOC(=O)c1c(C2CCc3ccccc3C2)csc1NC(=O)c1ccc(N2CCCC2=O)cc1. The molecule has 1 atom stereocenters. The third kappa shape index (κ3) is 4.73. The molecule has 1 fully saturated rings. The Bertz CT molecular complexity index is 1260. The van der Waals surface area contributed by atoms with Crippen LogP contribution in [0.1, 0.15) is 69.5 Å². The molecule has 0 saturated carbocycles. The van der Waals surface area contributed by atoms with E-state index in [1.165, 1.54) is 22.5 Å². The van der Waals surface area contributed by atoms with E-state index in [0.717, 1.165) is 36.9 Å². The zero-order chi connectivity index (χ0) is 24.4. The molecule has 1 unspecified atom stereocenters. The van der Waals surface area contributed by atoms with Gasteiger partial charge in [-0.3, -0.25) is 9.59 Å². The molecule has 5 rings (SSSR count). The van der Waals surface area contributed by atoms with Crippen LogP contribution in [0.15, 0.2) is 53.9 Å². The van der Waals surface area contributed by atoms with Crippen molar-refractivity contribution in [3.63, 3.8) is 0 Å². The number of fused-ring (bicyclic) bond motifs is 1. The van der Waals surface area contributed by atoms with Crippen LogP contribution < -0.4 is 10.2 Å². The van der Waals surface area contributed by atoms with E-state index in [0.29, 0.717) is 29.1 Å². The summed E-state index contributed by atoms with van der Waals surface area (Å²) in [5, 5.41) is 5.44. The topological polar surface area (TPSA) is 75.7 Å². The summed E-state index contributed by atoms with van der Waals surface area (Å²) in [5.41, 5.74) is 5.36. The van der Waals surface area contributed by atoms with Gasteiger partial charge >= 0.3 is 5.97 Å². The summed E-state index contributed by atoms with van der Waals surface area (Å²) in [6.07, 6.45) is 4.19. The summed E-state index contributed by atoms with van der Waals surface area (Å²) < 4.78 is 5.38. The van der Waals surface area contributed by atoms with Gasteiger partial charge < -0.3 is 15.0 Å². The molecule has 7 heteroatoms. The molecule has 0 spiro atoms. The first kappa shape index (κ1) is 23.3. The number of nitrogens with one attached hydrogen (secondary N) is 1. The molecule has 1 aromatic heterocycles. The number of esters is 1. The van der Waals surface area contributed by atoms with Gasteiger partial charge in [0.25, 0.3) is 5.91 Å². The number of amides is 2. The lowest BCUT2D eigenvalue weighted by atomic mass is 9.80. The Balaban J connectivity index is 1.38. The minimum atomic E-state index is -0.402. The van der Waals surface area contributed by atoms with Gasteiger partial charge in [0, 0.05) is 24.2 Å². The lowest BCUT2D eigenvalue weighted by Gasteiger charge is -2.25. The van der Waals surface area contributed by atoms with Gasteiger partial charge in [-0.2, -0.15) is 0 Å². The number of hydrogen-bond acceptors (Lipinski definition) is 5. The van der Waals surface area contributed by atoms with Gasteiger partial charge in [0.2, 0.25) is 5.91 Å². The quantitative estimate of drug-likeness (QED) is 0.460. The average molecular weight is 489 g/mol. The highest BCUT2D eigenvalue weighted by Crippen LogP contribution is 2.40. The normalized spacial score (nSPS) is 17.2. The number of anilines is 2. The van der Waals surface area contributed by atoms with Crippen LogP contribution in [-0.2, 0) is 22.4 Å². The lowest BCUT2D eigenvalue weighted by molar-refractivity contribution is -0.117. The number of nitrogens with zero attached hydrogens (tertiary/aromatic N) is 1. The summed E-state index contributed by atoms with van der Waals surface area (Å²) >= 11 is 1.37. The number of carbonyl (C=O) groups is 3. The van der Waals surface area contributed by atoms with E-state index in [2.05, 4.69) is 29.6 Å². The lowest BCUT2D eigenvalue weighted by Crippen LogP contribution is -2.23. The van der Waals surface area contributed by atoms with Crippen molar-refractivity contribution < 1.29 is 19.1 Å². The Kier molecular flexibility index (Phi) is 6.68. The Labute approximate surface area is 208 Å². The third-order valence-electron chi connectivity index (χ3n) is 6.83. The first-order valence-corrected chi connectivity index (χ1v) is 13.0. The van der Waals surface area contributed by atoms with Gasteiger partial charge in [0.15, 0.2) is 0 Å². The van der Waals surface area contributed by atoms with Crippen molar-refractivity contribution in [1.29, 1.82) is 0 Å². The van der Waals surface area contributed by atoms with Crippen LogP contribution in [-0.4, -0.2) is 30.9 Å². The van der Waals surface area contributed by atoms with E-state index >= 15 is 0 Å². The summed E-state index contributed by atoms with van der Waals surface area (Å²) in [6.45, 7) is 2.76. The molecule has 3 aromatic rings. The standard InChI is InChI=1S/C28H28N2O4S/c1-2-34-28(33)25-23(21-10-9-18-6-3-4-7-20(18)16-21)17-35-27(25)29-26(32)19-11-13-22(14-12-19)30-15-5-8-24(30)31/h3-4,6-7,11-14,17,21H,2,5,8-10,15-16H2,1H3,(H,29,32).